The predicted octanol–water partition coefficient (Wildman–Crippen LogP) is 4.01. The van der Waals surface area contributed by atoms with E-state index in [1.807, 2.05) is 62.4 Å². The average molecular weight is 462 g/mol. The maximum Gasteiger partial charge on any atom is 0.253 e. The summed E-state index contributed by atoms with van der Waals surface area (Å²) in [6, 6.07) is 15.0. The Morgan fingerprint density at radius 3 is 2.21 bits per heavy atom. The Bertz CT molecular complexity index is 1030. The van der Waals surface area contributed by atoms with Crippen LogP contribution >= 0.6 is 0 Å². The van der Waals surface area contributed by atoms with E-state index in [9.17, 15) is 14.4 Å². The number of carbonyl (C=O) groups is 3. The zero-order valence-corrected chi connectivity index (χ0v) is 20.2. The van der Waals surface area contributed by atoms with Gasteiger partial charge >= 0.3 is 0 Å². The lowest BCUT2D eigenvalue weighted by Gasteiger charge is -2.36. The van der Waals surface area contributed by atoms with E-state index in [1.54, 1.807) is 4.90 Å². The van der Waals surface area contributed by atoms with E-state index >= 15 is 0 Å². The summed E-state index contributed by atoms with van der Waals surface area (Å²) in [5, 5.41) is 6.39. The van der Waals surface area contributed by atoms with Crippen LogP contribution in [0.25, 0.3) is 0 Å². The Labute approximate surface area is 202 Å². The van der Waals surface area contributed by atoms with E-state index in [-0.39, 0.29) is 35.7 Å². The Kier molecular flexibility index (Phi) is 7.66. The van der Waals surface area contributed by atoms with Gasteiger partial charge in [0.15, 0.2) is 0 Å². The number of benzene rings is 2. The first-order valence-electron chi connectivity index (χ1n) is 12.4. The van der Waals surface area contributed by atoms with E-state index in [4.69, 9.17) is 0 Å². The third-order valence-electron chi connectivity index (χ3n) is 7.18. The van der Waals surface area contributed by atoms with Gasteiger partial charge in [-0.3, -0.25) is 14.4 Å². The number of carbonyl (C=O) groups excluding carboxylic acids is 3. The predicted molar refractivity (Wildman–Crippen MR) is 133 cm³/mol. The van der Waals surface area contributed by atoms with Crippen molar-refractivity contribution in [2.24, 2.45) is 5.92 Å². The lowest BCUT2D eigenvalue weighted by molar-refractivity contribution is -0.127. The van der Waals surface area contributed by atoms with E-state index in [0.29, 0.717) is 24.2 Å². The van der Waals surface area contributed by atoms with Crippen LogP contribution in [0.5, 0.6) is 0 Å². The van der Waals surface area contributed by atoms with E-state index in [0.717, 1.165) is 49.7 Å². The molecule has 6 heteroatoms. The number of aryl methyl sites for hydroxylation is 2. The Morgan fingerprint density at radius 1 is 0.824 bits per heavy atom. The maximum atomic E-state index is 13.2. The van der Waals surface area contributed by atoms with Gasteiger partial charge in [0.2, 0.25) is 5.91 Å². The Morgan fingerprint density at radius 2 is 1.50 bits per heavy atom. The summed E-state index contributed by atoms with van der Waals surface area (Å²) in [5.41, 5.74) is 3.40. The molecule has 1 saturated heterocycles. The van der Waals surface area contributed by atoms with Crippen LogP contribution in [0.15, 0.2) is 48.5 Å². The van der Waals surface area contributed by atoms with E-state index in [1.165, 1.54) is 0 Å². The molecule has 2 N–H and O–H groups in total. The van der Waals surface area contributed by atoms with Crippen LogP contribution in [0, 0.1) is 19.8 Å². The normalized spacial score (nSPS) is 22.6. The molecule has 3 atom stereocenters. The highest BCUT2D eigenvalue weighted by molar-refractivity contribution is 5.96. The van der Waals surface area contributed by atoms with Gasteiger partial charge in [0.25, 0.3) is 11.8 Å². The first kappa shape index (κ1) is 24.0. The van der Waals surface area contributed by atoms with Crippen molar-refractivity contribution in [1.82, 2.24) is 15.5 Å². The minimum absolute atomic E-state index is 0.0107. The van der Waals surface area contributed by atoms with Crippen molar-refractivity contribution in [2.75, 3.05) is 13.1 Å². The number of nitrogens with one attached hydrogen (secondary N) is 2. The zero-order valence-electron chi connectivity index (χ0n) is 20.2. The maximum absolute atomic E-state index is 13.2. The van der Waals surface area contributed by atoms with Gasteiger partial charge in [0.1, 0.15) is 0 Å². The van der Waals surface area contributed by atoms with Crippen molar-refractivity contribution in [3.63, 3.8) is 0 Å². The molecular weight excluding hydrogens is 426 g/mol. The summed E-state index contributed by atoms with van der Waals surface area (Å²) in [6.45, 7) is 5.04. The van der Waals surface area contributed by atoms with Gasteiger partial charge < -0.3 is 15.5 Å². The van der Waals surface area contributed by atoms with Gasteiger partial charge in [-0.1, -0.05) is 48.7 Å². The monoisotopic (exact) mass is 461 g/mol. The molecule has 0 aromatic heterocycles. The third-order valence-corrected chi connectivity index (χ3v) is 7.18. The van der Waals surface area contributed by atoms with Gasteiger partial charge in [-0.05, 0) is 63.3 Å². The summed E-state index contributed by atoms with van der Waals surface area (Å²) < 4.78 is 0. The van der Waals surface area contributed by atoms with Gasteiger partial charge in [0.05, 0.1) is 5.92 Å². The second-order valence-corrected chi connectivity index (χ2v) is 9.75. The first-order chi connectivity index (χ1) is 16.4. The van der Waals surface area contributed by atoms with Crippen LogP contribution in [0.3, 0.4) is 0 Å². The lowest BCUT2D eigenvalue weighted by atomic mass is 9.88. The van der Waals surface area contributed by atoms with Gasteiger partial charge in [-0.25, -0.2) is 0 Å². The van der Waals surface area contributed by atoms with Crippen LogP contribution in [0.2, 0.25) is 0 Å². The summed E-state index contributed by atoms with van der Waals surface area (Å²) in [4.78, 5) is 40.8. The molecule has 1 unspecified atom stereocenters. The Balaban J connectivity index is 1.37. The molecule has 1 aliphatic heterocycles. The van der Waals surface area contributed by atoms with Crippen LogP contribution in [0.1, 0.15) is 70.4 Å². The fourth-order valence-electron chi connectivity index (χ4n) is 5.11. The SMILES string of the molecule is Cc1ccc(C(=O)N2CCCC(C(=O)N[C@@H]3CCCC[C@H]3NC(=O)c3ccccc3C)C2)cc1. The standard InChI is InChI=1S/C28H35N3O3/c1-19-13-15-21(16-14-19)28(34)31-17-7-9-22(18-31)26(32)29-24-11-5-6-12-25(24)30-27(33)23-10-4-3-8-20(23)2/h3-4,8,10,13-16,22,24-25H,5-7,9,11-12,17-18H2,1-2H3,(H,29,32)(H,30,33)/t22?,24-,25-/m1/s1. The lowest BCUT2D eigenvalue weighted by Crippen LogP contribution is -2.55. The molecule has 0 spiro atoms. The molecule has 180 valence electrons. The minimum Gasteiger partial charge on any atom is -0.351 e. The molecule has 1 saturated carbocycles. The molecule has 6 nitrogen and oxygen atoms in total. The summed E-state index contributed by atoms with van der Waals surface area (Å²) in [5.74, 6) is -0.337. The molecule has 2 aromatic rings. The molecule has 0 bridgehead atoms. The minimum atomic E-state index is -0.224. The largest absolute Gasteiger partial charge is 0.351 e. The number of hydrogen-bond donors (Lipinski definition) is 2. The first-order valence-corrected chi connectivity index (χ1v) is 12.4. The second kappa shape index (κ2) is 10.9. The molecule has 1 aliphatic carbocycles. The van der Waals surface area contributed by atoms with Gasteiger partial charge in [-0.2, -0.15) is 0 Å². The smallest absolute Gasteiger partial charge is 0.253 e. The van der Waals surface area contributed by atoms with Crippen molar-refractivity contribution in [3.8, 4) is 0 Å². The molecule has 1 heterocycles. The quantitative estimate of drug-likeness (QED) is 0.706. The molecule has 2 fully saturated rings. The number of nitrogens with zero attached hydrogens (tertiary/aromatic N) is 1. The van der Waals surface area contributed by atoms with Crippen molar-refractivity contribution >= 4 is 17.7 Å². The van der Waals surface area contributed by atoms with Crippen molar-refractivity contribution in [2.45, 2.75) is 64.5 Å². The van der Waals surface area contributed by atoms with E-state index < -0.39 is 0 Å². The third kappa shape index (κ3) is 5.66. The van der Waals surface area contributed by atoms with Crippen LogP contribution < -0.4 is 10.6 Å². The van der Waals surface area contributed by atoms with Gasteiger partial charge in [0, 0.05) is 36.3 Å². The topological polar surface area (TPSA) is 78.5 Å². The summed E-state index contributed by atoms with van der Waals surface area (Å²) in [6.07, 6.45) is 5.36. The van der Waals surface area contributed by atoms with Gasteiger partial charge in [-0.15, -0.1) is 0 Å². The molecule has 0 radical (unpaired) electrons. The second-order valence-electron chi connectivity index (χ2n) is 9.75. The summed E-state index contributed by atoms with van der Waals surface area (Å²) >= 11 is 0. The zero-order chi connectivity index (χ0) is 24.1. The number of piperidine rings is 1. The number of amides is 3. The number of hydrogen-bond acceptors (Lipinski definition) is 3. The highest BCUT2D eigenvalue weighted by Gasteiger charge is 2.33. The number of likely N-dealkylation sites (tertiary alicyclic amines) is 1. The average Bonchev–Trinajstić information content (AvgIpc) is 2.85. The van der Waals surface area contributed by atoms with Crippen molar-refractivity contribution < 1.29 is 14.4 Å². The highest BCUT2D eigenvalue weighted by atomic mass is 16.2. The van der Waals surface area contributed by atoms with Crippen LogP contribution in [-0.4, -0.2) is 47.8 Å². The summed E-state index contributed by atoms with van der Waals surface area (Å²) in [7, 11) is 0. The molecule has 2 aliphatic rings. The highest BCUT2D eigenvalue weighted by Crippen LogP contribution is 2.23. The number of rotatable bonds is 5. The molecule has 4 rings (SSSR count). The van der Waals surface area contributed by atoms with Crippen LogP contribution in [-0.2, 0) is 4.79 Å². The van der Waals surface area contributed by atoms with E-state index in [2.05, 4.69) is 10.6 Å². The molecule has 34 heavy (non-hydrogen) atoms. The fourth-order valence-corrected chi connectivity index (χ4v) is 5.11. The fraction of sp³-hybridized carbons (Fsp3) is 0.464. The molecular formula is C28H35N3O3. The van der Waals surface area contributed by atoms with Crippen molar-refractivity contribution in [3.05, 3.63) is 70.8 Å². The molecule has 2 aromatic carbocycles. The van der Waals surface area contributed by atoms with Crippen molar-refractivity contribution in [1.29, 1.82) is 0 Å². The molecule has 3 amide bonds. The Hall–Kier alpha value is -3.15. The van der Waals surface area contributed by atoms with Crippen LogP contribution in [0.4, 0.5) is 0 Å².